The van der Waals surface area contributed by atoms with Crippen molar-refractivity contribution in [3.63, 3.8) is 0 Å². The molecule has 0 saturated carbocycles. The summed E-state index contributed by atoms with van der Waals surface area (Å²) in [6.07, 6.45) is 0. The summed E-state index contributed by atoms with van der Waals surface area (Å²) in [5.41, 5.74) is 5.98. The molecule has 1 amide bonds. The maximum absolute atomic E-state index is 12.0. The number of benzene rings is 1. The highest BCUT2D eigenvalue weighted by atomic mass is 32.1. The van der Waals surface area contributed by atoms with Crippen molar-refractivity contribution in [1.82, 2.24) is 0 Å². The fourth-order valence-corrected chi connectivity index (χ4v) is 2.11. The van der Waals surface area contributed by atoms with Gasteiger partial charge >= 0.3 is 0 Å². The highest BCUT2D eigenvalue weighted by Crippen LogP contribution is 2.24. The van der Waals surface area contributed by atoms with Gasteiger partial charge in [0.1, 0.15) is 17.3 Å². The summed E-state index contributed by atoms with van der Waals surface area (Å²) in [5.74, 6) is 0.376. The van der Waals surface area contributed by atoms with Gasteiger partial charge in [0.15, 0.2) is 0 Å². The van der Waals surface area contributed by atoms with Crippen molar-refractivity contribution >= 4 is 40.1 Å². The SMILES string of the molecule is NC(=S)COc1ccccc1NC(=O)c1cccs1. The second kappa shape index (κ2) is 6.31. The largest absolute Gasteiger partial charge is 0.484 e. The lowest BCUT2D eigenvalue weighted by atomic mass is 10.3. The van der Waals surface area contributed by atoms with E-state index in [1.807, 2.05) is 23.6 Å². The van der Waals surface area contributed by atoms with Crippen LogP contribution >= 0.6 is 23.6 Å². The van der Waals surface area contributed by atoms with E-state index in [1.54, 1.807) is 18.2 Å². The highest BCUT2D eigenvalue weighted by molar-refractivity contribution is 7.80. The Morgan fingerprint density at radius 2 is 2.11 bits per heavy atom. The number of thiocarbonyl (C=S) groups is 1. The zero-order valence-electron chi connectivity index (χ0n) is 9.96. The molecular weight excluding hydrogens is 280 g/mol. The van der Waals surface area contributed by atoms with Crippen molar-refractivity contribution in [2.45, 2.75) is 0 Å². The van der Waals surface area contributed by atoms with Crippen LogP contribution in [0.5, 0.6) is 5.75 Å². The van der Waals surface area contributed by atoms with Crippen LogP contribution in [0.25, 0.3) is 0 Å². The fourth-order valence-electron chi connectivity index (χ4n) is 1.44. The first kappa shape index (κ1) is 13.5. The first-order valence-electron chi connectivity index (χ1n) is 5.52. The minimum atomic E-state index is -0.165. The van der Waals surface area contributed by atoms with Crippen LogP contribution in [0, 0.1) is 0 Å². The second-order valence-electron chi connectivity index (χ2n) is 3.68. The molecule has 0 fully saturated rings. The third-order valence-corrected chi connectivity index (χ3v) is 3.24. The van der Waals surface area contributed by atoms with E-state index >= 15 is 0 Å². The maximum atomic E-state index is 12.0. The summed E-state index contributed by atoms with van der Waals surface area (Å²) >= 11 is 6.14. The van der Waals surface area contributed by atoms with Gasteiger partial charge in [0.05, 0.1) is 10.6 Å². The maximum Gasteiger partial charge on any atom is 0.265 e. The topological polar surface area (TPSA) is 64.3 Å². The molecule has 19 heavy (non-hydrogen) atoms. The summed E-state index contributed by atoms with van der Waals surface area (Å²) in [7, 11) is 0. The molecule has 0 bridgehead atoms. The quantitative estimate of drug-likeness (QED) is 0.832. The molecule has 0 aliphatic rings. The Bertz CT molecular complexity index is 582. The molecule has 0 unspecified atom stereocenters. The molecule has 1 aromatic carbocycles. The molecule has 3 N–H and O–H groups in total. The normalized spacial score (nSPS) is 9.89. The minimum absolute atomic E-state index is 0.140. The van der Waals surface area contributed by atoms with Crippen LogP contribution in [0.4, 0.5) is 5.69 Å². The van der Waals surface area contributed by atoms with E-state index < -0.39 is 0 Å². The van der Waals surface area contributed by atoms with Crippen molar-refractivity contribution < 1.29 is 9.53 Å². The summed E-state index contributed by atoms with van der Waals surface area (Å²) in [6.45, 7) is 0.140. The summed E-state index contributed by atoms with van der Waals surface area (Å²) in [4.78, 5) is 12.9. The summed E-state index contributed by atoms with van der Waals surface area (Å²) in [5, 5.41) is 4.65. The van der Waals surface area contributed by atoms with Crippen LogP contribution in [-0.4, -0.2) is 17.5 Å². The highest BCUT2D eigenvalue weighted by Gasteiger charge is 2.10. The van der Waals surface area contributed by atoms with Crippen LogP contribution in [0.1, 0.15) is 9.67 Å². The van der Waals surface area contributed by atoms with Gasteiger partial charge in [0.25, 0.3) is 5.91 Å². The number of nitrogens with one attached hydrogen (secondary N) is 1. The van der Waals surface area contributed by atoms with Crippen molar-refractivity contribution in [2.24, 2.45) is 5.73 Å². The molecule has 0 radical (unpaired) electrons. The fraction of sp³-hybridized carbons (Fsp3) is 0.0769. The van der Waals surface area contributed by atoms with Gasteiger partial charge in [-0.1, -0.05) is 30.4 Å². The van der Waals surface area contributed by atoms with Gasteiger partial charge < -0.3 is 15.8 Å². The van der Waals surface area contributed by atoms with Gasteiger partial charge in [0, 0.05) is 0 Å². The van der Waals surface area contributed by atoms with Crippen LogP contribution in [0.15, 0.2) is 41.8 Å². The molecule has 0 aliphatic carbocycles. The number of hydrogen-bond donors (Lipinski definition) is 2. The number of ether oxygens (including phenoxy) is 1. The molecule has 1 aromatic heterocycles. The lowest BCUT2D eigenvalue weighted by molar-refractivity contribution is 0.103. The minimum Gasteiger partial charge on any atom is -0.484 e. The van der Waals surface area contributed by atoms with Gasteiger partial charge in [-0.15, -0.1) is 11.3 Å². The number of carbonyl (C=O) groups is 1. The van der Waals surface area contributed by atoms with Gasteiger partial charge in [0.2, 0.25) is 0 Å². The molecule has 98 valence electrons. The van der Waals surface area contributed by atoms with E-state index in [4.69, 9.17) is 22.7 Å². The van der Waals surface area contributed by atoms with Gasteiger partial charge in [-0.3, -0.25) is 4.79 Å². The second-order valence-corrected chi connectivity index (χ2v) is 5.15. The average Bonchev–Trinajstić information content (AvgIpc) is 2.91. The number of amides is 1. The number of carbonyl (C=O) groups excluding carboxylic acids is 1. The number of rotatable bonds is 5. The monoisotopic (exact) mass is 292 g/mol. The lowest BCUT2D eigenvalue weighted by Gasteiger charge is -2.11. The van der Waals surface area contributed by atoms with E-state index in [0.717, 1.165) is 0 Å². The van der Waals surface area contributed by atoms with E-state index in [2.05, 4.69) is 5.32 Å². The molecule has 2 aromatic rings. The van der Waals surface area contributed by atoms with E-state index in [-0.39, 0.29) is 17.5 Å². The Morgan fingerprint density at radius 3 is 2.79 bits per heavy atom. The Labute approximate surface area is 120 Å². The molecule has 0 aliphatic heterocycles. The number of para-hydroxylation sites is 2. The number of thiophene rings is 1. The number of hydrogen-bond acceptors (Lipinski definition) is 4. The molecule has 2 rings (SSSR count). The Kier molecular flexibility index (Phi) is 4.48. The summed E-state index contributed by atoms with van der Waals surface area (Å²) in [6, 6.07) is 10.7. The van der Waals surface area contributed by atoms with Crippen LogP contribution < -0.4 is 15.8 Å². The first-order chi connectivity index (χ1) is 9.16. The molecular formula is C13H12N2O2S2. The van der Waals surface area contributed by atoms with Gasteiger partial charge in [-0.2, -0.15) is 0 Å². The Balaban J connectivity index is 2.11. The van der Waals surface area contributed by atoms with Crippen molar-refractivity contribution in [3.05, 3.63) is 46.7 Å². The third-order valence-electron chi connectivity index (χ3n) is 2.25. The average molecular weight is 292 g/mol. The predicted molar refractivity (Wildman–Crippen MR) is 81.0 cm³/mol. The van der Waals surface area contributed by atoms with E-state index in [9.17, 15) is 4.79 Å². The molecule has 6 heteroatoms. The molecule has 1 heterocycles. The van der Waals surface area contributed by atoms with Crippen LogP contribution in [-0.2, 0) is 0 Å². The smallest absolute Gasteiger partial charge is 0.265 e. The van der Waals surface area contributed by atoms with Crippen molar-refractivity contribution in [2.75, 3.05) is 11.9 Å². The van der Waals surface area contributed by atoms with Gasteiger partial charge in [-0.05, 0) is 23.6 Å². The molecule has 4 nitrogen and oxygen atoms in total. The Hall–Kier alpha value is -1.92. The van der Waals surface area contributed by atoms with E-state index in [0.29, 0.717) is 16.3 Å². The van der Waals surface area contributed by atoms with Crippen LogP contribution in [0.3, 0.4) is 0 Å². The Morgan fingerprint density at radius 1 is 1.32 bits per heavy atom. The molecule has 0 spiro atoms. The standard InChI is InChI=1S/C13H12N2O2S2/c14-12(18)8-17-10-5-2-1-4-9(10)15-13(16)11-6-3-7-19-11/h1-7H,8H2,(H2,14,18)(H,15,16). The zero-order valence-corrected chi connectivity index (χ0v) is 11.6. The van der Waals surface area contributed by atoms with Gasteiger partial charge in [-0.25, -0.2) is 0 Å². The predicted octanol–water partition coefficient (Wildman–Crippen LogP) is 2.67. The molecule has 0 atom stereocenters. The first-order valence-corrected chi connectivity index (χ1v) is 6.80. The number of anilines is 1. The number of nitrogens with two attached hydrogens (primary N) is 1. The third kappa shape index (κ3) is 3.77. The lowest BCUT2D eigenvalue weighted by Crippen LogP contribution is -2.19. The van der Waals surface area contributed by atoms with Crippen molar-refractivity contribution in [3.8, 4) is 5.75 Å². The van der Waals surface area contributed by atoms with Crippen molar-refractivity contribution in [1.29, 1.82) is 0 Å². The molecule has 0 saturated heterocycles. The van der Waals surface area contributed by atoms with E-state index in [1.165, 1.54) is 11.3 Å². The van der Waals surface area contributed by atoms with Crippen LogP contribution in [0.2, 0.25) is 0 Å². The summed E-state index contributed by atoms with van der Waals surface area (Å²) < 4.78 is 5.44. The zero-order chi connectivity index (χ0) is 13.7.